The summed E-state index contributed by atoms with van der Waals surface area (Å²) in [5.41, 5.74) is 2.12. The second kappa shape index (κ2) is 11.9. The molecule has 0 spiro atoms. The van der Waals surface area contributed by atoms with Crippen molar-refractivity contribution < 1.29 is 14.3 Å². The van der Waals surface area contributed by atoms with Crippen molar-refractivity contribution in [1.82, 2.24) is 16.0 Å². The Morgan fingerprint density at radius 2 is 2.00 bits per heavy atom. The van der Waals surface area contributed by atoms with E-state index in [2.05, 4.69) is 38.5 Å². The Balaban J connectivity index is 1.69. The molecule has 168 valence electrons. The van der Waals surface area contributed by atoms with Crippen molar-refractivity contribution in [3.05, 3.63) is 75.2 Å². The van der Waals surface area contributed by atoms with E-state index in [0.717, 1.165) is 28.7 Å². The second-order valence-corrected chi connectivity index (χ2v) is 8.69. The van der Waals surface area contributed by atoms with E-state index < -0.39 is 0 Å². The lowest BCUT2D eigenvalue weighted by Crippen LogP contribution is -2.49. The molecule has 3 rings (SSSR count). The molecule has 1 heterocycles. The summed E-state index contributed by atoms with van der Waals surface area (Å²) in [6.07, 6.45) is 5.43. The van der Waals surface area contributed by atoms with Gasteiger partial charge in [-0.3, -0.25) is 9.59 Å². The Morgan fingerprint density at radius 1 is 1.19 bits per heavy atom. The Kier molecular flexibility index (Phi) is 8.90. The number of nitrogens with one attached hydrogen (secondary N) is 3. The van der Waals surface area contributed by atoms with Crippen LogP contribution in [0.5, 0.6) is 5.75 Å². The standard InChI is InChI=1S/C24H25BrClN3O3/c1-2-7-32-21-9-16(3-4-18-5-6-20(26)11-22(18)25)8-19(10-21)24(31)29-15-23(30)28-14-17-12-27-13-17/h2-6,8-11,17,27H,1,7,12-15H2,(H,28,30)(H,29,31)/b4-3+. The molecule has 0 unspecified atom stereocenters. The molecule has 1 aliphatic rings. The van der Waals surface area contributed by atoms with Crippen molar-refractivity contribution in [3.8, 4) is 5.75 Å². The summed E-state index contributed by atoms with van der Waals surface area (Å²) in [5, 5.41) is 9.30. The molecule has 2 aromatic rings. The monoisotopic (exact) mass is 517 g/mol. The first-order valence-electron chi connectivity index (χ1n) is 10.2. The van der Waals surface area contributed by atoms with Crippen LogP contribution in [-0.4, -0.2) is 44.6 Å². The summed E-state index contributed by atoms with van der Waals surface area (Å²) in [7, 11) is 0. The molecule has 8 heteroatoms. The van der Waals surface area contributed by atoms with E-state index in [0.29, 0.717) is 35.4 Å². The molecule has 1 saturated heterocycles. The van der Waals surface area contributed by atoms with E-state index in [-0.39, 0.29) is 18.4 Å². The van der Waals surface area contributed by atoms with Crippen LogP contribution < -0.4 is 20.7 Å². The van der Waals surface area contributed by atoms with Gasteiger partial charge < -0.3 is 20.7 Å². The van der Waals surface area contributed by atoms with Gasteiger partial charge in [0.2, 0.25) is 5.91 Å². The first kappa shape index (κ1) is 24.0. The Hall–Kier alpha value is -2.61. The summed E-state index contributed by atoms with van der Waals surface area (Å²) < 4.78 is 6.51. The SMILES string of the molecule is C=CCOc1cc(/C=C/c2ccc(Cl)cc2Br)cc(C(=O)NCC(=O)NCC2CNC2)c1. The van der Waals surface area contributed by atoms with Crippen LogP contribution in [0, 0.1) is 5.92 Å². The topological polar surface area (TPSA) is 79.5 Å². The summed E-state index contributed by atoms with van der Waals surface area (Å²) in [6, 6.07) is 10.7. The number of hydrogen-bond acceptors (Lipinski definition) is 4. The van der Waals surface area contributed by atoms with E-state index in [1.807, 2.05) is 30.4 Å². The van der Waals surface area contributed by atoms with Crippen LogP contribution in [0.3, 0.4) is 0 Å². The van der Waals surface area contributed by atoms with Crippen LogP contribution in [0.4, 0.5) is 0 Å². The molecule has 3 N–H and O–H groups in total. The van der Waals surface area contributed by atoms with Gasteiger partial charge in [-0.2, -0.15) is 0 Å². The molecule has 0 bridgehead atoms. The summed E-state index contributed by atoms with van der Waals surface area (Å²) in [4.78, 5) is 24.7. The molecule has 2 aromatic carbocycles. The van der Waals surface area contributed by atoms with Gasteiger partial charge in [-0.25, -0.2) is 0 Å². The first-order chi connectivity index (χ1) is 15.4. The highest BCUT2D eigenvalue weighted by molar-refractivity contribution is 9.10. The lowest BCUT2D eigenvalue weighted by molar-refractivity contribution is -0.120. The van der Waals surface area contributed by atoms with Crippen molar-refractivity contribution in [2.75, 3.05) is 32.8 Å². The molecule has 0 aliphatic carbocycles. The third-order valence-corrected chi connectivity index (χ3v) is 5.76. The van der Waals surface area contributed by atoms with Crippen molar-refractivity contribution in [3.63, 3.8) is 0 Å². The second-order valence-electron chi connectivity index (χ2n) is 7.40. The molecule has 0 radical (unpaired) electrons. The number of hydrogen-bond donors (Lipinski definition) is 3. The quantitative estimate of drug-likeness (QED) is 0.329. The normalized spacial score (nSPS) is 13.4. The van der Waals surface area contributed by atoms with E-state index in [1.165, 1.54) is 0 Å². The van der Waals surface area contributed by atoms with Crippen LogP contribution in [0.15, 0.2) is 53.5 Å². The average molecular weight is 519 g/mol. The highest BCUT2D eigenvalue weighted by atomic mass is 79.9. The summed E-state index contributed by atoms with van der Waals surface area (Å²) >= 11 is 9.50. The Bertz CT molecular complexity index is 1020. The van der Waals surface area contributed by atoms with Crippen molar-refractivity contribution >= 4 is 51.5 Å². The molecule has 1 aliphatic heterocycles. The fourth-order valence-electron chi connectivity index (χ4n) is 2.99. The zero-order valence-electron chi connectivity index (χ0n) is 17.5. The van der Waals surface area contributed by atoms with Crippen LogP contribution in [0.1, 0.15) is 21.5 Å². The molecular weight excluding hydrogens is 494 g/mol. The highest BCUT2D eigenvalue weighted by Gasteiger charge is 2.17. The Labute approximate surface area is 201 Å². The third kappa shape index (κ3) is 7.22. The van der Waals surface area contributed by atoms with Gasteiger partial charge in [-0.1, -0.05) is 58.4 Å². The minimum Gasteiger partial charge on any atom is -0.490 e. The smallest absolute Gasteiger partial charge is 0.251 e. The Morgan fingerprint density at radius 3 is 2.69 bits per heavy atom. The van der Waals surface area contributed by atoms with E-state index in [4.69, 9.17) is 16.3 Å². The lowest BCUT2D eigenvalue weighted by atomic mass is 10.0. The van der Waals surface area contributed by atoms with Gasteiger partial charge in [0.25, 0.3) is 5.91 Å². The third-order valence-electron chi connectivity index (χ3n) is 4.84. The highest BCUT2D eigenvalue weighted by Crippen LogP contribution is 2.25. The fourth-order valence-corrected chi connectivity index (χ4v) is 3.80. The minimum atomic E-state index is -0.350. The number of ether oxygens (including phenoxy) is 1. The summed E-state index contributed by atoms with van der Waals surface area (Å²) in [6.45, 7) is 6.32. The lowest BCUT2D eigenvalue weighted by Gasteiger charge is -2.27. The van der Waals surface area contributed by atoms with Gasteiger partial charge in [-0.05, 0) is 41.5 Å². The molecule has 1 fully saturated rings. The van der Waals surface area contributed by atoms with Gasteiger partial charge in [0, 0.05) is 40.6 Å². The van der Waals surface area contributed by atoms with E-state index in [9.17, 15) is 9.59 Å². The molecule has 0 aromatic heterocycles. The number of halogens is 2. The van der Waals surface area contributed by atoms with Gasteiger partial charge in [0.15, 0.2) is 0 Å². The maximum Gasteiger partial charge on any atom is 0.251 e. The molecule has 0 saturated carbocycles. The molecule has 32 heavy (non-hydrogen) atoms. The van der Waals surface area contributed by atoms with Crippen molar-refractivity contribution in [2.45, 2.75) is 0 Å². The zero-order valence-corrected chi connectivity index (χ0v) is 19.8. The van der Waals surface area contributed by atoms with Gasteiger partial charge in [0.1, 0.15) is 12.4 Å². The minimum absolute atomic E-state index is 0.0837. The van der Waals surface area contributed by atoms with Crippen LogP contribution in [0.25, 0.3) is 12.2 Å². The van der Waals surface area contributed by atoms with Crippen LogP contribution >= 0.6 is 27.5 Å². The van der Waals surface area contributed by atoms with Crippen molar-refractivity contribution in [1.29, 1.82) is 0 Å². The molecular formula is C24H25BrClN3O3. The van der Waals surface area contributed by atoms with Crippen LogP contribution in [0.2, 0.25) is 5.02 Å². The van der Waals surface area contributed by atoms with Crippen LogP contribution in [-0.2, 0) is 4.79 Å². The fraction of sp³-hybridized carbons (Fsp3) is 0.250. The number of rotatable bonds is 10. The average Bonchev–Trinajstić information content (AvgIpc) is 2.74. The zero-order chi connectivity index (χ0) is 22.9. The number of carbonyl (C=O) groups excluding carboxylic acids is 2. The molecule has 0 atom stereocenters. The predicted octanol–water partition coefficient (Wildman–Crippen LogP) is 3.90. The number of amides is 2. The number of carbonyl (C=O) groups is 2. The van der Waals surface area contributed by atoms with E-state index in [1.54, 1.807) is 24.3 Å². The van der Waals surface area contributed by atoms with E-state index >= 15 is 0 Å². The maximum absolute atomic E-state index is 12.7. The predicted molar refractivity (Wildman–Crippen MR) is 132 cm³/mol. The van der Waals surface area contributed by atoms with Gasteiger partial charge in [0.05, 0.1) is 6.54 Å². The maximum atomic E-state index is 12.7. The summed E-state index contributed by atoms with van der Waals surface area (Å²) in [5.74, 6) is 0.437. The molecule has 2 amide bonds. The van der Waals surface area contributed by atoms with Crippen molar-refractivity contribution in [2.24, 2.45) is 5.92 Å². The van der Waals surface area contributed by atoms with Gasteiger partial charge in [-0.15, -0.1) is 0 Å². The largest absolute Gasteiger partial charge is 0.490 e. The number of benzene rings is 2. The van der Waals surface area contributed by atoms with Gasteiger partial charge >= 0.3 is 0 Å². The molecule has 6 nitrogen and oxygen atoms in total. The first-order valence-corrected chi connectivity index (χ1v) is 11.4.